The van der Waals surface area contributed by atoms with Gasteiger partial charge in [-0.2, -0.15) is 0 Å². The summed E-state index contributed by atoms with van der Waals surface area (Å²) < 4.78 is 5.52. The fraction of sp³-hybridized carbons (Fsp3) is 0.375. The molecule has 1 aliphatic rings. The Kier molecular flexibility index (Phi) is 4.49. The van der Waals surface area contributed by atoms with Gasteiger partial charge in [0.25, 0.3) is 0 Å². The number of carbonyl (C=O) groups excluding carboxylic acids is 1. The van der Waals surface area contributed by atoms with E-state index in [4.69, 9.17) is 10.5 Å². The van der Waals surface area contributed by atoms with E-state index in [1.165, 1.54) is 11.3 Å². The molecule has 1 aromatic carbocycles. The van der Waals surface area contributed by atoms with Crippen LogP contribution < -0.4 is 15.8 Å². The second-order valence-corrected chi connectivity index (χ2v) is 6.42. The normalized spacial score (nSPS) is 17.3. The van der Waals surface area contributed by atoms with Gasteiger partial charge in [-0.15, -0.1) is 11.3 Å². The molecule has 0 radical (unpaired) electrons. The first kappa shape index (κ1) is 15.8. The second-order valence-electron chi connectivity index (χ2n) is 5.35. The van der Waals surface area contributed by atoms with E-state index in [9.17, 15) is 9.90 Å². The maximum absolute atomic E-state index is 12.0. The maximum atomic E-state index is 12.0. The molecule has 1 aromatic heterocycles. The van der Waals surface area contributed by atoms with Crippen molar-refractivity contribution in [3.8, 4) is 5.75 Å². The highest BCUT2D eigenvalue weighted by Gasteiger charge is 2.28. The van der Waals surface area contributed by atoms with Gasteiger partial charge in [0.1, 0.15) is 5.75 Å². The van der Waals surface area contributed by atoms with Crippen LogP contribution in [0.2, 0.25) is 0 Å². The third kappa shape index (κ3) is 3.16. The number of nitrogen functional groups attached to an aromatic ring is 1. The molecule has 0 aliphatic carbocycles. The number of nitrogens with zero attached hydrogens (tertiary/aromatic N) is 1. The molecule has 23 heavy (non-hydrogen) atoms. The minimum absolute atomic E-state index is 0.0156. The van der Waals surface area contributed by atoms with E-state index < -0.39 is 0 Å². The number of amides is 1. The lowest BCUT2D eigenvalue weighted by Gasteiger charge is -2.16. The van der Waals surface area contributed by atoms with Gasteiger partial charge >= 0.3 is 0 Å². The maximum Gasteiger partial charge on any atom is 0.221 e. The molecule has 1 atom stereocenters. The van der Waals surface area contributed by atoms with Crippen LogP contribution in [-0.2, 0) is 17.9 Å². The first-order valence-electron chi connectivity index (χ1n) is 7.50. The minimum Gasteiger partial charge on any atom is -0.494 e. The standard InChI is InChI=1S/C16H19N3O3S/c1-2-22-13-4-3-9(5-10(13)8-20)11-6-14(21)18-7-12-15(11)23-16(17)19-12/h3-5,11,20H,2,6-8H2,1H3,(H2,17,19)(H,18,21). The highest BCUT2D eigenvalue weighted by atomic mass is 32.1. The molecule has 122 valence electrons. The number of benzene rings is 1. The molecular weight excluding hydrogens is 314 g/mol. The number of aliphatic hydroxyl groups is 1. The molecule has 6 nitrogen and oxygen atoms in total. The number of nitrogens with one attached hydrogen (secondary N) is 1. The molecule has 0 bridgehead atoms. The summed E-state index contributed by atoms with van der Waals surface area (Å²) in [5.74, 6) is 0.544. The van der Waals surface area contributed by atoms with Gasteiger partial charge in [0.15, 0.2) is 5.13 Å². The van der Waals surface area contributed by atoms with Gasteiger partial charge in [0.2, 0.25) is 5.91 Å². The van der Waals surface area contributed by atoms with Crippen molar-refractivity contribution in [1.29, 1.82) is 0 Å². The number of hydrogen-bond acceptors (Lipinski definition) is 6. The van der Waals surface area contributed by atoms with Crippen LogP contribution in [0.3, 0.4) is 0 Å². The minimum atomic E-state index is -0.111. The summed E-state index contributed by atoms with van der Waals surface area (Å²) in [6, 6.07) is 5.68. The van der Waals surface area contributed by atoms with Crippen LogP contribution in [0.25, 0.3) is 0 Å². The summed E-state index contributed by atoms with van der Waals surface area (Å²) in [5.41, 5.74) is 8.33. The molecule has 3 rings (SSSR count). The molecule has 1 aliphatic heterocycles. The summed E-state index contributed by atoms with van der Waals surface area (Å²) in [6.45, 7) is 2.73. The number of aromatic nitrogens is 1. The van der Waals surface area contributed by atoms with Crippen molar-refractivity contribution in [2.45, 2.75) is 32.4 Å². The first-order chi connectivity index (χ1) is 11.1. The highest BCUT2D eigenvalue weighted by molar-refractivity contribution is 7.15. The van der Waals surface area contributed by atoms with Crippen LogP contribution in [0.4, 0.5) is 5.13 Å². The van der Waals surface area contributed by atoms with Gasteiger partial charge in [0.05, 0.1) is 25.5 Å². The van der Waals surface area contributed by atoms with Crippen LogP contribution in [-0.4, -0.2) is 22.6 Å². The molecule has 0 spiro atoms. The van der Waals surface area contributed by atoms with E-state index in [0.717, 1.165) is 16.1 Å². The average Bonchev–Trinajstić information content (AvgIpc) is 2.85. The Hall–Kier alpha value is -2.12. The van der Waals surface area contributed by atoms with E-state index in [2.05, 4.69) is 10.3 Å². The van der Waals surface area contributed by atoms with Crippen molar-refractivity contribution in [3.63, 3.8) is 0 Å². The third-order valence-electron chi connectivity index (χ3n) is 3.86. The lowest BCUT2D eigenvalue weighted by molar-refractivity contribution is -0.121. The predicted molar refractivity (Wildman–Crippen MR) is 88.4 cm³/mol. The van der Waals surface area contributed by atoms with Crippen LogP contribution >= 0.6 is 11.3 Å². The topological polar surface area (TPSA) is 97.5 Å². The van der Waals surface area contributed by atoms with E-state index in [-0.39, 0.29) is 18.4 Å². The molecule has 2 aromatic rings. The molecule has 0 saturated heterocycles. The second kappa shape index (κ2) is 6.55. The molecule has 7 heteroatoms. The predicted octanol–water partition coefficient (Wildman–Crippen LogP) is 1.77. The Morgan fingerprint density at radius 1 is 1.52 bits per heavy atom. The number of nitrogens with two attached hydrogens (primary N) is 1. The Balaban J connectivity index is 2.03. The fourth-order valence-corrected chi connectivity index (χ4v) is 3.80. The molecule has 1 amide bonds. The van der Waals surface area contributed by atoms with Crippen LogP contribution in [0, 0.1) is 0 Å². The van der Waals surface area contributed by atoms with Crippen molar-refractivity contribution in [2.24, 2.45) is 0 Å². The number of ether oxygens (including phenoxy) is 1. The van der Waals surface area contributed by atoms with Gasteiger partial charge in [-0.25, -0.2) is 4.98 Å². The zero-order chi connectivity index (χ0) is 16.4. The molecule has 0 fully saturated rings. The number of rotatable bonds is 4. The molecule has 2 heterocycles. The largest absolute Gasteiger partial charge is 0.494 e. The van der Waals surface area contributed by atoms with Gasteiger partial charge in [-0.3, -0.25) is 4.79 Å². The average molecular weight is 333 g/mol. The summed E-state index contributed by atoms with van der Waals surface area (Å²) in [5, 5.41) is 12.9. The Labute approximate surface area is 138 Å². The zero-order valence-electron chi connectivity index (χ0n) is 12.8. The number of carbonyl (C=O) groups is 1. The van der Waals surface area contributed by atoms with Gasteiger partial charge in [0, 0.05) is 22.8 Å². The number of fused-ring (bicyclic) bond motifs is 1. The van der Waals surface area contributed by atoms with Gasteiger partial charge < -0.3 is 20.9 Å². The molecule has 1 unspecified atom stereocenters. The molecular formula is C16H19N3O3S. The number of hydrogen-bond donors (Lipinski definition) is 3. The quantitative estimate of drug-likeness (QED) is 0.792. The SMILES string of the molecule is CCOc1ccc(C2CC(=O)NCc3nc(N)sc32)cc1CO. The van der Waals surface area contributed by atoms with Gasteiger partial charge in [-0.1, -0.05) is 6.07 Å². The number of anilines is 1. The van der Waals surface area contributed by atoms with E-state index in [1.54, 1.807) is 0 Å². The molecule has 4 N–H and O–H groups in total. The summed E-state index contributed by atoms with van der Waals surface area (Å²) >= 11 is 1.42. The number of aliphatic hydroxyl groups excluding tert-OH is 1. The van der Waals surface area contributed by atoms with Crippen molar-refractivity contribution < 1.29 is 14.6 Å². The van der Waals surface area contributed by atoms with Crippen LogP contribution in [0.1, 0.15) is 41.0 Å². The molecule has 0 saturated carbocycles. The lowest BCUT2D eigenvalue weighted by Crippen LogP contribution is -2.21. The summed E-state index contributed by atoms with van der Waals surface area (Å²) in [7, 11) is 0. The Morgan fingerprint density at radius 2 is 2.35 bits per heavy atom. The smallest absolute Gasteiger partial charge is 0.221 e. The van der Waals surface area contributed by atoms with E-state index >= 15 is 0 Å². The van der Waals surface area contributed by atoms with Crippen LogP contribution in [0.5, 0.6) is 5.75 Å². The van der Waals surface area contributed by atoms with Crippen molar-refractivity contribution in [3.05, 3.63) is 39.9 Å². The number of thiazole rings is 1. The van der Waals surface area contributed by atoms with Crippen molar-refractivity contribution in [2.75, 3.05) is 12.3 Å². The fourth-order valence-electron chi connectivity index (χ4n) is 2.82. The highest BCUT2D eigenvalue weighted by Crippen LogP contribution is 2.38. The summed E-state index contributed by atoms with van der Waals surface area (Å²) in [6.07, 6.45) is 0.341. The zero-order valence-corrected chi connectivity index (χ0v) is 13.7. The van der Waals surface area contributed by atoms with Crippen molar-refractivity contribution in [1.82, 2.24) is 10.3 Å². The van der Waals surface area contributed by atoms with E-state index in [0.29, 0.717) is 36.0 Å². The monoisotopic (exact) mass is 333 g/mol. The van der Waals surface area contributed by atoms with Gasteiger partial charge in [-0.05, 0) is 24.6 Å². The van der Waals surface area contributed by atoms with E-state index in [1.807, 2.05) is 25.1 Å². The Morgan fingerprint density at radius 3 is 3.09 bits per heavy atom. The lowest BCUT2D eigenvalue weighted by atomic mass is 9.92. The first-order valence-corrected chi connectivity index (χ1v) is 8.32. The van der Waals surface area contributed by atoms with Crippen molar-refractivity contribution >= 4 is 22.4 Å². The third-order valence-corrected chi connectivity index (χ3v) is 4.90. The van der Waals surface area contributed by atoms with Crippen LogP contribution in [0.15, 0.2) is 18.2 Å². The Bertz CT molecular complexity index is 729. The summed E-state index contributed by atoms with van der Waals surface area (Å²) in [4.78, 5) is 17.3.